The van der Waals surface area contributed by atoms with Gasteiger partial charge in [0.15, 0.2) is 0 Å². The molecule has 28 heavy (non-hydrogen) atoms. The molecule has 1 aromatic rings. The van der Waals surface area contributed by atoms with Gasteiger partial charge in [-0.3, -0.25) is 0 Å². The highest BCUT2D eigenvalue weighted by Gasteiger charge is 2.48. The highest BCUT2D eigenvalue weighted by molar-refractivity contribution is 14.1. The molecule has 1 aromatic carbocycles. The smallest absolute Gasteiger partial charge is 0.138 e. The molecule has 0 saturated carbocycles. The molecule has 0 aromatic heterocycles. The molecule has 0 aliphatic rings. The lowest BCUT2D eigenvalue weighted by atomic mass is 9.58. The van der Waals surface area contributed by atoms with Gasteiger partial charge in [-0.2, -0.15) is 0 Å². The Hall–Kier alpha value is 0.0400. The minimum absolute atomic E-state index is 0.121. The minimum atomic E-state index is 0.121. The van der Waals surface area contributed by atoms with Crippen LogP contribution in [0.5, 0.6) is 5.75 Å². The molecule has 1 unspecified atom stereocenters. The standard InChI is InChI=1S/C25H42ClIO/c1-8-9-10-11-12-13-14-24(25(18(2)3,19(4)5)20(6)7)28-23-16-15-21(27)17-22(23)26/h15-20,24H,8-14H2,1-7H3. The van der Waals surface area contributed by atoms with Crippen molar-refractivity contribution in [2.75, 3.05) is 0 Å². The van der Waals surface area contributed by atoms with Crippen LogP contribution < -0.4 is 4.74 Å². The summed E-state index contributed by atoms with van der Waals surface area (Å²) < 4.78 is 7.89. The first-order valence-corrected chi connectivity index (χ1v) is 12.7. The second-order valence-corrected chi connectivity index (χ2v) is 10.9. The van der Waals surface area contributed by atoms with Gasteiger partial charge in [-0.15, -0.1) is 0 Å². The molecule has 0 spiro atoms. The highest BCUT2D eigenvalue weighted by Crippen LogP contribution is 2.49. The van der Waals surface area contributed by atoms with Crippen LogP contribution >= 0.6 is 34.2 Å². The average molecular weight is 521 g/mol. The van der Waals surface area contributed by atoms with Crippen molar-refractivity contribution in [3.05, 3.63) is 26.8 Å². The summed E-state index contributed by atoms with van der Waals surface area (Å²) in [4.78, 5) is 0. The summed E-state index contributed by atoms with van der Waals surface area (Å²) >= 11 is 8.85. The van der Waals surface area contributed by atoms with Crippen LogP contribution in [0.1, 0.15) is 93.4 Å². The Morgan fingerprint density at radius 3 is 1.93 bits per heavy atom. The van der Waals surface area contributed by atoms with Crippen molar-refractivity contribution in [2.45, 2.75) is 99.5 Å². The summed E-state index contributed by atoms with van der Waals surface area (Å²) in [6.45, 7) is 16.5. The second kappa shape index (κ2) is 12.7. The molecule has 0 radical (unpaired) electrons. The SMILES string of the molecule is CCCCCCCCC(Oc1ccc(I)cc1Cl)C(C(C)C)(C(C)C)C(C)C. The lowest BCUT2D eigenvalue weighted by molar-refractivity contribution is -0.0713. The molecule has 0 bridgehead atoms. The fraction of sp³-hybridized carbons (Fsp3) is 0.760. The minimum Gasteiger partial charge on any atom is -0.488 e. The lowest BCUT2D eigenvalue weighted by Crippen LogP contribution is -2.51. The van der Waals surface area contributed by atoms with Crippen LogP contribution in [0, 0.1) is 26.7 Å². The number of unbranched alkanes of at least 4 members (excludes halogenated alkanes) is 5. The molecule has 0 fully saturated rings. The van der Waals surface area contributed by atoms with Crippen molar-refractivity contribution < 1.29 is 4.74 Å². The molecule has 0 heterocycles. The summed E-state index contributed by atoms with van der Waals surface area (Å²) in [6.07, 6.45) is 9.15. The number of benzene rings is 1. The van der Waals surface area contributed by atoms with E-state index in [2.05, 4.69) is 77.1 Å². The lowest BCUT2D eigenvalue weighted by Gasteiger charge is -2.50. The van der Waals surface area contributed by atoms with E-state index in [0.717, 1.165) is 20.8 Å². The zero-order valence-electron chi connectivity index (χ0n) is 19.2. The largest absolute Gasteiger partial charge is 0.488 e. The van der Waals surface area contributed by atoms with Gasteiger partial charge < -0.3 is 4.74 Å². The normalized spacial score (nSPS) is 13.6. The van der Waals surface area contributed by atoms with Crippen molar-refractivity contribution in [2.24, 2.45) is 23.2 Å². The van der Waals surface area contributed by atoms with Gasteiger partial charge in [0.25, 0.3) is 0 Å². The second-order valence-electron chi connectivity index (χ2n) is 9.20. The zero-order valence-corrected chi connectivity index (χ0v) is 22.1. The molecule has 1 rings (SSSR count). The van der Waals surface area contributed by atoms with Crippen LogP contribution in [0.2, 0.25) is 5.02 Å². The maximum atomic E-state index is 6.74. The van der Waals surface area contributed by atoms with Crippen LogP contribution in [0.3, 0.4) is 0 Å². The number of ether oxygens (including phenoxy) is 1. The van der Waals surface area contributed by atoms with Gasteiger partial charge in [-0.05, 0) is 71.4 Å². The van der Waals surface area contributed by atoms with E-state index in [0.29, 0.717) is 17.8 Å². The van der Waals surface area contributed by atoms with Crippen molar-refractivity contribution in [3.63, 3.8) is 0 Å². The highest BCUT2D eigenvalue weighted by atomic mass is 127. The van der Waals surface area contributed by atoms with Crippen LogP contribution in [-0.2, 0) is 0 Å². The fourth-order valence-corrected chi connectivity index (χ4v) is 6.26. The molecule has 0 saturated heterocycles. The van der Waals surface area contributed by atoms with Gasteiger partial charge in [-0.1, -0.05) is 92.2 Å². The third-order valence-electron chi connectivity index (χ3n) is 6.54. The first-order valence-electron chi connectivity index (χ1n) is 11.3. The quantitative estimate of drug-likeness (QED) is 0.186. The molecular weight excluding hydrogens is 479 g/mol. The Labute approximate surface area is 193 Å². The van der Waals surface area contributed by atoms with Crippen LogP contribution in [0.4, 0.5) is 0 Å². The molecule has 1 nitrogen and oxygen atoms in total. The first-order chi connectivity index (χ1) is 13.2. The number of hydrogen-bond donors (Lipinski definition) is 0. The molecular formula is C25H42ClIO. The van der Waals surface area contributed by atoms with Crippen molar-refractivity contribution in [3.8, 4) is 5.75 Å². The van der Waals surface area contributed by atoms with E-state index >= 15 is 0 Å². The van der Waals surface area contributed by atoms with Crippen molar-refractivity contribution >= 4 is 34.2 Å². The van der Waals surface area contributed by atoms with Crippen LogP contribution in [0.25, 0.3) is 0 Å². The van der Waals surface area contributed by atoms with Crippen molar-refractivity contribution in [1.82, 2.24) is 0 Å². The Morgan fingerprint density at radius 1 is 0.893 bits per heavy atom. The molecule has 0 aliphatic carbocycles. The van der Waals surface area contributed by atoms with E-state index in [1.54, 1.807) is 0 Å². The van der Waals surface area contributed by atoms with E-state index in [9.17, 15) is 0 Å². The molecule has 3 heteroatoms. The van der Waals surface area contributed by atoms with E-state index in [-0.39, 0.29) is 11.5 Å². The van der Waals surface area contributed by atoms with Gasteiger partial charge in [0, 0.05) is 8.99 Å². The van der Waals surface area contributed by atoms with Gasteiger partial charge >= 0.3 is 0 Å². The summed E-state index contributed by atoms with van der Waals surface area (Å²) in [7, 11) is 0. The van der Waals surface area contributed by atoms with Gasteiger partial charge in [-0.25, -0.2) is 0 Å². The molecule has 0 amide bonds. The summed E-state index contributed by atoms with van der Waals surface area (Å²) in [5.74, 6) is 2.46. The Balaban J connectivity index is 3.10. The topological polar surface area (TPSA) is 9.23 Å². The van der Waals surface area contributed by atoms with Crippen LogP contribution in [-0.4, -0.2) is 6.10 Å². The molecule has 1 atom stereocenters. The maximum absolute atomic E-state index is 6.74. The molecule has 0 aliphatic heterocycles. The third-order valence-corrected chi connectivity index (χ3v) is 7.51. The number of rotatable bonds is 13. The van der Waals surface area contributed by atoms with E-state index < -0.39 is 0 Å². The number of hydrogen-bond acceptors (Lipinski definition) is 1. The summed E-state index contributed by atoms with van der Waals surface area (Å²) in [5, 5.41) is 0.727. The Kier molecular flexibility index (Phi) is 11.8. The van der Waals surface area contributed by atoms with E-state index in [1.165, 1.54) is 38.5 Å². The number of halogens is 2. The van der Waals surface area contributed by atoms with E-state index in [4.69, 9.17) is 16.3 Å². The van der Waals surface area contributed by atoms with Gasteiger partial charge in [0.2, 0.25) is 0 Å². The third kappa shape index (κ3) is 6.79. The molecule has 162 valence electrons. The monoisotopic (exact) mass is 520 g/mol. The molecule has 0 N–H and O–H groups in total. The van der Waals surface area contributed by atoms with Gasteiger partial charge in [0.1, 0.15) is 11.9 Å². The van der Waals surface area contributed by atoms with Crippen LogP contribution in [0.15, 0.2) is 18.2 Å². The Morgan fingerprint density at radius 2 is 1.43 bits per heavy atom. The van der Waals surface area contributed by atoms with Crippen molar-refractivity contribution in [1.29, 1.82) is 0 Å². The summed E-state index contributed by atoms with van der Waals surface area (Å²) in [5.41, 5.74) is 0.121. The summed E-state index contributed by atoms with van der Waals surface area (Å²) in [6, 6.07) is 6.14. The predicted molar refractivity (Wildman–Crippen MR) is 134 cm³/mol. The predicted octanol–water partition coefficient (Wildman–Crippen LogP) is 9.40. The zero-order chi connectivity index (χ0) is 21.3. The first kappa shape index (κ1) is 26.1. The average Bonchev–Trinajstić information content (AvgIpc) is 2.59. The van der Waals surface area contributed by atoms with Gasteiger partial charge in [0.05, 0.1) is 5.02 Å². The van der Waals surface area contributed by atoms with E-state index in [1.807, 2.05) is 12.1 Å². The maximum Gasteiger partial charge on any atom is 0.138 e. The Bertz CT molecular complexity index is 546. The fourth-order valence-electron chi connectivity index (χ4n) is 5.36.